The Kier molecular flexibility index (Phi) is 4.43. The maximum atomic E-state index is 13.6. The Morgan fingerprint density at radius 3 is 2.45 bits per heavy atom. The summed E-state index contributed by atoms with van der Waals surface area (Å²) >= 11 is 2.91. The van der Waals surface area contributed by atoms with Crippen LogP contribution in [0.1, 0.15) is 23.2 Å². The number of rotatable bonds is 3. The zero-order valence-electron chi connectivity index (χ0n) is 10.3. The lowest BCUT2D eigenvalue weighted by Gasteiger charge is -2.11. The standard InChI is InChI=1S/C12H12BrF2NO3S/c13-7-4-9(14)11(10(15)5-7)12(17)16-6-8-2-1-3-20(8,18)19/h4-5,8H,1-3,6H2,(H,16,17). The topological polar surface area (TPSA) is 63.2 Å². The van der Waals surface area contributed by atoms with Gasteiger partial charge < -0.3 is 5.32 Å². The van der Waals surface area contributed by atoms with Gasteiger partial charge in [-0.05, 0) is 25.0 Å². The first-order chi connectivity index (χ1) is 9.31. The minimum Gasteiger partial charge on any atom is -0.351 e. The minimum absolute atomic E-state index is 0.0918. The summed E-state index contributed by atoms with van der Waals surface area (Å²) in [6.07, 6.45) is 0.998. The van der Waals surface area contributed by atoms with E-state index in [1.54, 1.807) is 0 Å². The molecular formula is C12H12BrF2NO3S. The Morgan fingerprint density at radius 2 is 1.95 bits per heavy atom. The Hall–Kier alpha value is -1.02. The maximum Gasteiger partial charge on any atom is 0.257 e. The number of amides is 1. The maximum absolute atomic E-state index is 13.6. The molecule has 1 N–H and O–H groups in total. The van der Waals surface area contributed by atoms with Crippen LogP contribution in [0.25, 0.3) is 0 Å². The van der Waals surface area contributed by atoms with E-state index < -0.39 is 38.2 Å². The Bertz CT molecular complexity index is 625. The minimum atomic E-state index is -3.20. The van der Waals surface area contributed by atoms with Gasteiger partial charge in [-0.15, -0.1) is 0 Å². The molecule has 2 rings (SSSR count). The van der Waals surface area contributed by atoms with Crippen molar-refractivity contribution in [1.29, 1.82) is 0 Å². The fourth-order valence-corrected chi connectivity index (χ4v) is 4.31. The van der Waals surface area contributed by atoms with Gasteiger partial charge in [-0.2, -0.15) is 0 Å². The molecule has 1 aromatic carbocycles. The summed E-state index contributed by atoms with van der Waals surface area (Å²) in [5, 5.41) is 1.61. The van der Waals surface area contributed by atoms with Crippen LogP contribution in [0.2, 0.25) is 0 Å². The van der Waals surface area contributed by atoms with Crippen molar-refractivity contribution in [2.45, 2.75) is 18.1 Å². The lowest BCUT2D eigenvalue weighted by Crippen LogP contribution is -2.35. The van der Waals surface area contributed by atoms with Gasteiger partial charge in [-0.1, -0.05) is 15.9 Å². The van der Waals surface area contributed by atoms with Gasteiger partial charge in [-0.25, -0.2) is 17.2 Å². The zero-order valence-corrected chi connectivity index (χ0v) is 12.7. The van der Waals surface area contributed by atoms with E-state index in [4.69, 9.17) is 0 Å². The third kappa shape index (κ3) is 3.17. The van der Waals surface area contributed by atoms with Crippen molar-refractivity contribution < 1.29 is 22.0 Å². The van der Waals surface area contributed by atoms with E-state index in [1.165, 1.54) is 0 Å². The van der Waals surface area contributed by atoms with Crippen molar-refractivity contribution in [1.82, 2.24) is 5.32 Å². The third-order valence-electron chi connectivity index (χ3n) is 3.19. The number of carbonyl (C=O) groups excluding carboxylic acids is 1. The van der Waals surface area contributed by atoms with Crippen molar-refractivity contribution in [3.8, 4) is 0 Å². The highest BCUT2D eigenvalue weighted by Crippen LogP contribution is 2.21. The number of benzene rings is 1. The first-order valence-electron chi connectivity index (χ1n) is 5.95. The monoisotopic (exact) mass is 367 g/mol. The smallest absolute Gasteiger partial charge is 0.257 e. The van der Waals surface area contributed by atoms with Gasteiger partial charge in [0.25, 0.3) is 5.91 Å². The number of hydrogen-bond donors (Lipinski definition) is 1. The highest BCUT2D eigenvalue weighted by Gasteiger charge is 2.31. The van der Waals surface area contributed by atoms with Crippen molar-refractivity contribution >= 4 is 31.7 Å². The first-order valence-corrected chi connectivity index (χ1v) is 8.46. The van der Waals surface area contributed by atoms with Crippen molar-refractivity contribution in [3.05, 3.63) is 33.8 Å². The molecule has 0 aromatic heterocycles. The van der Waals surface area contributed by atoms with Crippen molar-refractivity contribution in [3.63, 3.8) is 0 Å². The average Bonchev–Trinajstić information content (AvgIpc) is 2.64. The predicted octanol–water partition coefficient (Wildman–Crippen LogP) is 2.03. The fourth-order valence-electron chi connectivity index (χ4n) is 2.14. The van der Waals surface area contributed by atoms with Gasteiger partial charge >= 0.3 is 0 Å². The van der Waals surface area contributed by atoms with Crippen LogP contribution >= 0.6 is 15.9 Å². The highest BCUT2D eigenvalue weighted by atomic mass is 79.9. The largest absolute Gasteiger partial charge is 0.351 e. The third-order valence-corrected chi connectivity index (χ3v) is 5.92. The van der Waals surface area contributed by atoms with Gasteiger partial charge in [0, 0.05) is 11.0 Å². The Labute approximate surface area is 123 Å². The van der Waals surface area contributed by atoms with Crippen LogP contribution in [0.4, 0.5) is 8.78 Å². The van der Waals surface area contributed by atoms with E-state index in [0.29, 0.717) is 12.8 Å². The van der Waals surface area contributed by atoms with Gasteiger partial charge in [0.1, 0.15) is 17.2 Å². The second-order valence-electron chi connectivity index (χ2n) is 4.59. The molecule has 1 heterocycles. The summed E-state index contributed by atoms with van der Waals surface area (Å²) in [6, 6.07) is 1.95. The summed E-state index contributed by atoms with van der Waals surface area (Å²) in [7, 11) is -3.20. The number of carbonyl (C=O) groups is 1. The van der Waals surface area contributed by atoms with E-state index in [0.717, 1.165) is 12.1 Å². The normalized spacial score (nSPS) is 20.9. The summed E-state index contributed by atoms with van der Waals surface area (Å²) in [4.78, 5) is 11.8. The molecule has 1 aliphatic rings. The fraction of sp³-hybridized carbons (Fsp3) is 0.417. The van der Waals surface area contributed by atoms with E-state index in [2.05, 4.69) is 21.2 Å². The number of nitrogens with one attached hydrogen (secondary N) is 1. The second kappa shape index (κ2) is 5.77. The number of hydrogen-bond acceptors (Lipinski definition) is 3. The van der Waals surface area contributed by atoms with E-state index >= 15 is 0 Å². The van der Waals surface area contributed by atoms with Gasteiger partial charge in [0.2, 0.25) is 0 Å². The predicted molar refractivity (Wildman–Crippen MR) is 73.2 cm³/mol. The zero-order chi connectivity index (χ0) is 14.9. The van der Waals surface area contributed by atoms with Crippen LogP contribution in [-0.4, -0.2) is 31.9 Å². The molecule has 110 valence electrons. The van der Waals surface area contributed by atoms with E-state index in [-0.39, 0.29) is 16.8 Å². The number of halogens is 3. The molecule has 0 radical (unpaired) electrons. The molecule has 1 aromatic rings. The molecule has 1 unspecified atom stereocenters. The van der Waals surface area contributed by atoms with Gasteiger partial charge in [0.05, 0.1) is 11.0 Å². The van der Waals surface area contributed by atoms with Crippen LogP contribution in [0.5, 0.6) is 0 Å². The average molecular weight is 368 g/mol. The quantitative estimate of drug-likeness (QED) is 0.888. The van der Waals surface area contributed by atoms with E-state index in [9.17, 15) is 22.0 Å². The lowest BCUT2D eigenvalue weighted by atomic mass is 10.1. The molecule has 1 amide bonds. The van der Waals surface area contributed by atoms with Crippen molar-refractivity contribution in [2.75, 3.05) is 12.3 Å². The summed E-state index contributed by atoms with van der Waals surface area (Å²) in [5.41, 5.74) is -0.705. The molecule has 8 heteroatoms. The molecule has 1 fully saturated rings. The molecule has 0 spiro atoms. The molecular weight excluding hydrogens is 356 g/mol. The Balaban J connectivity index is 2.10. The first kappa shape index (κ1) is 15.4. The lowest BCUT2D eigenvalue weighted by molar-refractivity contribution is 0.0945. The van der Waals surface area contributed by atoms with Crippen LogP contribution in [0.3, 0.4) is 0 Å². The molecule has 1 atom stereocenters. The SMILES string of the molecule is O=C(NCC1CCCS1(=O)=O)c1c(F)cc(Br)cc1F. The molecule has 1 saturated heterocycles. The molecule has 4 nitrogen and oxygen atoms in total. The summed E-state index contributed by atoms with van der Waals surface area (Å²) in [5.74, 6) is -2.85. The van der Waals surface area contributed by atoms with Crippen molar-refractivity contribution in [2.24, 2.45) is 0 Å². The molecule has 20 heavy (non-hydrogen) atoms. The summed E-state index contributed by atoms with van der Waals surface area (Å²) in [6.45, 7) is -0.129. The van der Waals surface area contributed by atoms with E-state index in [1.807, 2.05) is 0 Å². The Morgan fingerprint density at radius 1 is 1.35 bits per heavy atom. The highest BCUT2D eigenvalue weighted by molar-refractivity contribution is 9.10. The van der Waals surface area contributed by atoms with Gasteiger partial charge in [0.15, 0.2) is 9.84 Å². The molecule has 1 aliphatic heterocycles. The van der Waals surface area contributed by atoms with Crippen LogP contribution in [-0.2, 0) is 9.84 Å². The number of sulfone groups is 1. The van der Waals surface area contributed by atoms with Crippen LogP contribution in [0.15, 0.2) is 16.6 Å². The van der Waals surface area contributed by atoms with Gasteiger partial charge in [-0.3, -0.25) is 4.79 Å². The van der Waals surface area contributed by atoms with Crippen LogP contribution < -0.4 is 5.32 Å². The molecule has 0 saturated carbocycles. The molecule has 0 bridgehead atoms. The second-order valence-corrected chi connectivity index (χ2v) is 7.90. The molecule has 0 aliphatic carbocycles. The van der Waals surface area contributed by atoms with Crippen LogP contribution in [0, 0.1) is 11.6 Å². The summed E-state index contributed by atoms with van der Waals surface area (Å²) < 4.78 is 50.5.